The quantitative estimate of drug-likeness (QED) is 0.828. The molecule has 0 atom stereocenters. The molecule has 0 saturated carbocycles. The van der Waals surface area contributed by atoms with E-state index in [1.165, 1.54) is 6.07 Å². The molecule has 0 N–H and O–H groups in total. The predicted octanol–water partition coefficient (Wildman–Crippen LogP) is 4.08. The molecule has 0 spiro atoms. The number of rotatable bonds is 4. The zero-order chi connectivity index (χ0) is 13.8. The summed E-state index contributed by atoms with van der Waals surface area (Å²) in [4.78, 5) is 11.9. The van der Waals surface area contributed by atoms with Gasteiger partial charge in [0, 0.05) is 23.4 Å². The summed E-state index contributed by atoms with van der Waals surface area (Å²) in [6.45, 7) is 0. The first-order chi connectivity index (χ1) is 9.06. The molecule has 0 aromatic heterocycles. The molecule has 0 radical (unpaired) electrons. The van der Waals surface area contributed by atoms with E-state index in [1.807, 2.05) is 24.3 Å². The molecule has 2 rings (SSSR count). The minimum absolute atomic E-state index is 0.0343. The van der Waals surface area contributed by atoms with Crippen LogP contribution in [0.4, 0.5) is 8.78 Å². The highest BCUT2D eigenvalue weighted by molar-refractivity contribution is 9.10. The second-order valence-corrected chi connectivity index (χ2v) is 5.07. The van der Waals surface area contributed by atoms with E-state index in [0.29, 0.717) is 0 Å². The lowest BCUT2D eigenvalue weighted by atomic mass is 10.0. The number of ketones is 1. The highest BCUT2D eigenvalue weighted by Gasteiger charge is 2.11. The van der Waals surface area contributed by atoms with Crippen molar-refractivity contribution in [3.8, 4) is 0 Å². The van der Waals surface area contributed by atoms with Crippen molar-refractivity contribution in [2.75, 3.05) is 0 Å². The van der Waals surface area contributed by atoms with Gasteiger partial charge in [-0.25, -0.2) is 8.78 Å². The summed E-state index contributed by atoms with van der Waals surface area (Å²) in [6.07, 6.45) is 0.186. The third-order valence-corrected chi connectivity index (χ3v) is 3.52. The first-order valence-electron chi connectivity index (χ1n) is 5.75. The van der Waals surface area contributed by atoms with Crippen LogP contribution >= 0.6 is 15.9 Å². The maximum absolute atomic E-state index is 13.4. The molecular formula is C15H11BrF2O. The van der Waals surface area contributed by atoms with E-state index in [2.05, 4.69) is 15.9 Å². The molecule has 0 bridgehead atoms. The fraction of sp³-hybridized carbons (Fsp3) is 0.133. The maximum atomic E-state index is 13.4. The average molecular weight is 325 g/mol. The van der Waals surface area contributed by atoms with Crippen LogP contribution in [0.25, 0.3) is 0 Å². The molecule has 1 nitrogen and oxygen atoms in total. The zero-order valence-corrected chi connectivity index (χ0v) is 11.6. The van der Waals surface area contributed by atoms with Gasteiger partial charge in [-0.3, -0.25) is 4.79 Å². The van der Waals surface area contributed by atoms with Crippen molar-refractivity contribution < 1.29 is 13.6 Å². The molecule has 0 aliphatic rings. The molecule has 0 amide bonds. The summed E-state index contributed by atoms with van der Waals surface area (Å²) >= 11 is 3.36. The topological polar surface area (TPSA) is 17.1 Å². The normalized spacial score (nSPS) is 10.5. The molecule has 0 heterocycles. The van der Waals surface area contributed by atoms with Gasteiger partial charge in [0.05, 0.1) is 0 Å². The van der Waals surface area contributed by atoms with E-state index in [9.17, 15) is 13.6 Å². The highest BCUT2D eigenvalue weighted by Crippen LogP contribution is 2.18. The predicted molar refractivity (Wildman–Crippen MR) is 72.9 cm³/mol. The Morgan fingerprint density at radius 1 is 1.00 bits per heavy atom. The summed E-state index contributed by atoms with van der Waals surface area (Å²) in [5, 5.41) is 0. The number of carbonyl (C=O) groups is 1. The van der Waals surface area contributed by atoms with Crippen molar-refractivity contribution in [1.29, 1.82) is 0 Å². The minimum atomic E-state index is -0.680. The standard InChI is InChI=1S/C15H11BrF2O/c16-14-4-2-1-3-10(14)7-13(19)8-11-5-6-12(17)9-15(11)18/h1-6,9H,7-8H2. The fourth-order valence-corrected chi connectivity index (χ4v) is 2.22. The van der Waals surface area contributed by atoms with Crippen LogP contribution in [-0.2, 0) is 17.6 Å². The van der Waals surface area contributed by atoms with E-state index in [1.54, 1.807) is 0 Å². The Labute approximate surface area is 118 Å². The van der Waals surface area contributed by atoms with Crippen molar-refractivity contribution in [2.45, 2.75) is 12.8 Å². The lowest BCUT2D eigenvalue weighted by Gasteiger charge is -2.05. The Bertz CT molecular complexity index is 611. The maximum Gasteiger partial charge on any atom is 0.141 e. The molecule has 0 saturated heterocycles. The van der Waals surface area contributed by atoms with Crippen LogP contribution in [0.15, 0.2) is 46.9 Å². The minimum Gasteiger partial charge on any atom is -0.299 e. The summed E-state index contributed by atoms with van der Waals surface area (Å²) in [5.41, 5.74) is 1.08. The monoisotopic (exact) mass is 324 g/mol. The summed E-state index contributed by atoms with van der Waals surface area (Å²) in [6, 6.07) is 10.6. The van der Waals surface area contributed by atoms with Gasteiger partial charge in [-0.2, -0.15) is 0 Å². The second kappa shape index (κ2) is 6.06. The van der Waals surface area contributed by atoms with E-state index in [0.717, 1.165) is 22.2 Å². The Balaban J connectivity index is 2.08. The molecule has 2 aromatic rings. The van der Waals surface area contributed by atoms with Crippen molar-refractivity contribution in [3.05, 3.63) is 69.7 Å². The highest BCUT2D eigenvalue weighted by atomic mass is 79.9. The molecule has 0 aliphatic heterocycles. The second-order valence-electron chi connectivity index (χ2n) is 4.22. The number of benzene rings is 2. The van der Waals surface area contributed by atoms with Gasteiger partial charge in [0.2, 0.25) is 0 Å². The van der Waals surface area contributed by atoms with Crippen LogP contribution in [0.2, 0.25) is 0 Å². The van der Waals surface area contributed by atoms with E-state index < -0.39 is 11.6 Å². The van der Waals surface area contributed by atoms with Gasteiger partial charge in [-0.1, -0.05) is 40.2 Å². The van der Waals surface area contributed by atoms with Gasteiger partial charge < -0.3 is 0 Å². The molecule has 0 unspecified atom stereocenters. The first kappa shape index (κ1) is 13.9. The van der Waals surface area contributed by atoms with Gasteiger partial charge in [0.15, 0.2) is 0 Å². The van der Waals surface area contributed by atoms with Gasteiger partial charge >= 0.3 is 0 Å². The van der Waals surface area contributed by atoms with Crippen molar-refractivity contribution in [1.82, 2.24) is 0 Å². The molecular weight excluding hydrogens is 314 g/mol. The van der Waals surface area contributed by atoms with Gasteiger partial charge in [0.1, 0.15) is 17.4 Å². The van der Waals surface area contributed by atoms with E-state index >= 15 is 0 Å². The smallest absolute Gasteiger partial charge is 0.141 e. The summed E-state index contributed by atoms with van der Waals surface area (Å²) in [7, 11) is 0. The number of halogens is 3. The largest absolute Gasteiger partial charge is 0.299 e. The lowest BCUT2D eigenvalue weighted by Crippen LogP contribution is -2.08. The third kappa shape index (κ3) is 3.70. The van der Waals surface area contributed by atoms with Crippen molar-refractivity contribution in [3.63, 3.8) is 0 Å². The van der Waals surface area contributed by atoms with Crippen LogP contribution in [0, 0.1) is 11.6 Å². The zero-order valence-electron chi connectivity index (χ0n) is 10.00. The van der Waals surface area contributed by atoms with Crippen LogP contribution in [0.1, 0.15) is 11.1 Å². The van der Waals surface area contributed by atoms with E-state index in [4.69, 9.17) is 0 Å². The van der Waals surface area contributed by atoms with Crippen LogP contribution < -0.4 is 0 Å². The Kier molecular flexibility index (Phi) is 4.43. The molecule has 0 fully saturated rings. The van der Waals surface area contributed by atoms with Crippen molar-refractivity contribution in [2.24, 2.45) is 0 Å². The van der Waals surface area contributed by atoms with Gasteiger partial charge in [-0.05, 0) is 23.3 Å². The number of carbonyl (C=O) groups excluding carboxylic acids is 1. The number of Topliss-reactive ketones (excluding diaryl/α,β-unsaturated/α-hetero) is 1. The van der Waals surface area contributed by atoms with Gasteiger partial charge in [-0.15, -0.1) is 0 Å². The Hall–Kier alpha value is -1.55. The van der Waals surface area contributed by atoms with Crippen LogP contribution in [0.3, 0.4) is 0 Å². The fourth-order valence-electron chi connectivity index (χ4n) is 1.79. The summed E-state index contributed by atoms with van der Waals surface area (Å²) in [5.74, 6) is -1.43. The molecule has 0 aliphatic carbocycles. The molecule has 98 valence electrons. The summed E-state index contributed by atoms with van der Waals surface area (Å²) < 4.78 is 27.0. The molecule has 4 heteroatoms. The third-order valence-electron chi connectivity index (χ3n) is 2.75. The van der Waals surface area contributed by atoms with Crippen LogP contribution in [-0.4, -0.2) is 5.78 Å². The van der Waals surface area contributed by atoms with Gasteiger partial charge in [0.25, 0.3) is 0 Å². The first-order valence-corrected chi connectivity index (χ1v) is 6.54. The number of hydrogen-bond acceptors (Lipinski definition) is 1. The molecule has 19 heavy (non-hydrogen) atoms. The van der Waals surface area contributed by atoms with Crippen LogP contribution in [0.5, 0.6) is 0 Å². The van der Waals surface area contributed by atoms with Crippen molar-refractivity contribution >= 4 is 21.7 Å². The SMILES string of the molecule is O=C(Cc1ccc(F)cc1F)Cc1ccccc1Br. The molecule has 2 aromatic carbocycles. The van der Waals surface area contributed by atoms with E-state index in [-0.39, 0.29) is 24.2 Å². The Morgan fingerprint density at radius 2 is 1.68 bits per heavy atom. The lowest BCUT2D eigenvalue weighted by molar-refractivity contribution is -0.117. The Morgan fingerprint density at radius 3 is 2.37 bits per heavy atom. The average Bonchev–Trinajstić information content (AvgIpc) is 2.36. The number of hydrogen-bond donors (Lipinski definition) is 0.